The van der Waals surface area contributed by atoms with Crippen molar-refractivity contribution in [3.8, 4) is 6.19 Å². The Hall–Kier alpha value is -0.130. The lowest BCUT2D eigenvalue weighted by atomic mass is 10.2. The van der Waals surface area contributed by atoms with Gasteiger partial charge in [0.2, 0.25) is 0 Å². The molecule has 11 heavy (non-hydrogen) atoms. The SMILES string of the molecule is CCCC(Cl)C(Cl)CNC#N. The summed E-state index contributed by atoms with van der Waals surface area (Å²) in [5.74, 6) is 0. The molecule has 2 atom stereocenters. The van der Waals surface area contributed by atoms with Gasteiger partial charge in [-0.1, -0.05) is 13.3 Å². The van der Waals surface area contributed by atoms with E-state index >= 15 is 0 Å². The Labute approximate surface area is 77.5 Å². The molecule has 0 rings (SSSR count). The molecule has 0 aromatic carbocycles. The maximum Gasteiger partial charge on any atom is 0.176 e. The highest BCUT2D eigenvalue weighted by molar-refractivity contribution is 6.30. The number of nitrogens with one attached hydrogen (secondary N) is 1. The third kappa shape index (κ3) is 5.17. The lowest BCUT2D eigenvalue weighted by molar-refractivity contribution is 0.664. The Morgan fingerprint density at radius 3 is 2.55 bits per heavy atom. The number of nitriles is 1. The smallest absolute Gasteiger partial charge is 0.176 e. The Kier molecular flexibility index (Phi) is 6.49. The average Bonchev–Trinajstić information content (AvgIpc) is 2.00. The van der Waals surface area contributed by atoms with Crippen LogP contribution in [0.5, 0.6) is 0 Å². The lowest BCUT2D eigenvalue weighted by Crippen LogP contribution is -2.26. The fraction of sp³-hybridized carbons (Fsp3) is 0.857. The van der Waals surface area contributed by atoms with Crippen molar-refractivity contribution in [2.45, 2.75) is 30.5 Å². The van der Waals surface area contributed by atoms with Crippen molar-refractivity contribution in [3.63, 3.8) is 0 Å². The standard InChI is InChI=1S/C7H12Cl2N2/c1-2-3-6(8)7(9)4-11-5-10/h6-7,11H,2-4H2,1H3. The first kappa shape index (κ1) is 10.9. The highest BCUT2D eigenvalue weighted by Gasteiger charge is 2.14. The average molecular weight is 195 g/mol. The van der Waals surface area contributed by atoms with Gasteiger partial charge in [0.05, 0.1) is 10.8 Å². The summed E-state index contributed by atoms with van der Waals surface area (Å²) in [7, 11) is 0. The molecule has 2 unspecified atom stereocenters. The van der Waals surface area contributed by atoms with Crippen molar-refractivity contribution < 1.29 is 0 Å². The zero-order chi connectivity index (χ0) is 8.69. The first-order chi connectivity index (χ1) is 5.22. The van der Waals surface area contributed by atoms with Crippen LogP contribution in [0.3, 0.4) is 0 Å². The van der Waals surface area contributed by atoms with Crippen molar-refractivity contribution in [2.24, 2.45) is 0 Å². The predicted molar refractivity (Wildman–Crippen MR) is 47.8 cm³/mol. The Morgan fingerprint density at radius 1 is 1.45 bits per heavy atom. The highest BCUT2D eigenvalue weighted by Crippen LogP contribution is 2.14. The van der Waals surface area contributed by atoms with Crippen LogP contribution in [0, 0.1) is 11.5 Å². The van der Waals surface area contributed by atoms with Gasteiger partial charge in [-0.05, 0) is 6.42 Å². The van der Waals surface area contributed by atoms with Gasteiger partial charge in [-0.25, -0.2) is 0 Å². The number of rotatable bonds is 5. The topological polar surface area (TPSA) is 35.8 Å². The normalized spacial score (nSPS) is 15.1. The largest absolute Gasteiger partial charge is 0.322 e. The number of halogens is 2. The van der Waals surface area contributed by atoms with E-state index in [2.05, 4.69) is 12.2 Å². The van der Waals surface area contributed by atoms with Crippen molar-refractivity contribution in [3.05, 3.63) is 0 Å². The third-order valence-electron chi connectivity index (χ3n) is 1.33. The van der Waals surface area contributed by atoms with Crippen LogP contribution in [0.25, 0.3) is 0 Å². The van der Waals surface area contributed by atoms with Crippen LogP contribution in [0.4, 0.5) is 0 Å². The molecule has 0 bridgehead atoms. The van der Waals surface area contributed by atoms with Crippen molar-refractivity contribution in [1.29, 1.82) is 5.26 Å². The molecule has 1 N–H and O–H groups in total. The minimum Gasteiger partial charge on any atom is -0.322 e. The van der Waals surface area contributed by atoms with Gasteiger partial charge in [-0.3, -0.25) is 0 Å². The summed E-state index contributed by atoms with van der Waals surface area (Å²) in [6, 6.07) is 0. The van der Waals surface area contributed by atoms with Crippen LogP contribution in [0.2, 0.25) is 0 Å². The van der Waals surface area contributed by atoms with E-state index in [1.54, 1.807) is 6.19 Å². The summed E-state index contributed by atoms with van der Waals surface area (Å²) in [5.41, 5.74) is 0. The molecule has 0 radical (unpaired) electrons. The summed E-state index contributed by atoms with van der Waals surface area (Å²) < 4.78 is 0. The van der Waals surface area contributed by atoms with Crippen LogP contribution < -0.4 is 5.32 Å². The second-order valence-corrected chi connectivity index (χ2v) is 3.43. The Bertz CT molecular complexity index is 133. The lowest BCUT2D eigenvalue weighted by Gasteiger charge is -2.13. The van der Waals surface area contributed by atoms with Gasteiger partial charge in [0.1, 0.15) is 0 Å². The molecule has 0 aliphatic rings. The van der Waals surface area contributed by atoms with E-state index in [0.717, 1.165) is 12.8 Å². The van der Waals surface area contributed by atoms with Crippen LogP contribution in [-0.4, -0.2) is 17.3 Å². The number of alkyl halides is 2. The van der Waals surface area contributed by atoms with Crippen molar-refractivity contribution >= 4 is 23.2 Å². The summed E-state index contributed by atoms with van der Waals surface area (Å²) in [5, 5.41) is 10.4. The molecular formula is C7H12Cl2N2. The summed E-state index contributed by atoms with van der Waals surface area (Å²) in [4.78, 5) is 0. The Balaban J connectivity index is 3.47. The van der Waals surface area contributed by atoms with Crippen LogP contribution in [-0.2, 0) is 0 Å². The highest BCUT2D eigenvalue weighted by atomic mass is 35.5. The van der Waals surface area contributed by atoms with E-state index in [4.69, 9.17) is 28.5 Å². The fourth-order valence-corrected chi connectivity index (χ4v) is 1.24. The van der Waals surface area contributed by atoms with Gasteiger partial charge in [-0.2, -0.15) is 5.26 Å². The molecule has 4 heteroatoms. The summed E-state index contributed by atoms with van der Waals surface area (Å²) in [6.07, 6.45) is 3.71. The first-order valence-electron chi connectivity index (χ1n) is 3.62. The molecular weight excluding hydrogens is 183 g/mol. The van der Waals surface area contributed by atoms with Gasteiger partial charge in [-0.15, -0.1) is 23.2 Å². The molecule has 0 aromatic heterocycles. The molecule has 0 spiro atoms. The maximum atomic E-state index is 8.16. The minimum atomic E-state index is -0.156. The number of hydrogen-bond donors (Lipinski definition) is 1. The van der Waals surface area contributed by atoms with E-state index in [-0.39, 0.29) is 10.8 Å². The second kappa shape index (κ2) is 6.57. The van der Waals surface area contributed by atoms with E-state index in [1.165, 1.54) is 0 Å². The zero-order valence-corrected chi connectivity index (χ0v) is 7.99. The quantitative estimate of drug-likeness (QED) is 0.414. The third-order valence-corrected chi connectivity index (χ3v) is 2.44. The van der Waals surface area contributed by atoms with Gasteiger partial charge in [0.25, 0.3) is 0 Å². The number of hydrogen-bond acceptors (Lipinski definition) is 2. The van der Waals surface area contributed by atoms with Crippen LogP contribution >= 0.6 is 23.2 Å². The van der Waals surface area contributed by atoms with E-state index in [1.807, 2.05) is 0 Å². The van der Waals surface area contributed by atoms with Gasteiger partial charge in [0.15, 0.2) is 6.19 Å². The van der Waals surface area contributed by atoms with Crippen LogP contribution in [0.15, 0.2) is 0 Å². The van der Waals surface area contributed by atoms with E-state index in [9.17, 15) is 0 Å². The first-order valence-corrected chi connectivity index (χ1v) is 4.49. The van der Waals surface area contributed by atoms with Crippen molar-refractivity contribution in [2.75, 3.05) is 6.54 Å². The predicted octanol–water partition coefficient (Wildman–Crippen LogP) is 2.07. The summed E-state index contributed by atoms with van der Waals surface area (Å²) in [6.45, 7) is 2.50. The van der Waals surface area contributed by atoms with Gasteiger partial charge < -0.3 is 5.32 Å². The second-order valence-electron chi connectivity index (χ2n) is 2.31. The molecule has 64 valence electrons. The van der Waals surface area contributed by atoms with Gasteiger partial charge in [0, 0.05) is 6.54 Å². The van der Waals surface area contributed by atoms with E-state index < -0.39 is 0 Å². The number of nitrogens with zero attached hydrogens (tertiary/aromatic N) is 1. The zero-order valence-electron chi connectivity index (χ0n) is 6.48. The molecule has 0 amide bonds. The molecule has 0 heterocycles. The van der Waals surface area contributed by atoms with E-state index in [0.29, 0.717) is 6.54 Å². The molecule has 0 aromatic rings. The molecule has 2 nitrogen and oxygen atoms in total. The maximum absolute atomic E-state index is 8.16. The van der Waals surface area contributed by atoms with Gasteiger partial charge >= 0.3 is 0 Å². The molecule has 0 saturated heterocycles. The minimum absolute atomic E-state index is 0.0393. The molecule has 0 fully saturated rings. The van der Waals surface area contributed by atoms with Crippen molar-refractivity contribution in [1.82, 2.24) is 5.32 Å². The monoisotopic (exact) mass is 194 g/mol. The molecule has 0 aliphatic carbocycles. The molecule has 0 aliphatic heterocycles. The summed E-state index contributed by atoms with van der Waals surface area (Å²) >= 11 is 11.7. The Morgan fingerprint density at radius 2 is 2.09 bits per heavy atom. The van der Waals surface area contributed by atoms with Crippen LogP contribution in [0.1, 0.15) is 19.8 Å². The fourth-order valence-electron chi connectivity index (χ4n) is 0.728. The molecule has 0 saturated carbocycles.